The highest BCUT2D eigenvalue weighted by molar-refractivity contribution is 5.69. The minimum atomic E-state index is -0.264. The summed E-state index contributed by atoms with van der Waals surface area (Å²) in [6.45, 7) is 1.41. The van der Waals surface area contributed by atoms with Crippen LogP contribution in [0.15, 0.2) is 12.3 Å². The van der Waals surface area contributed by atoms with Crippen LogP contribution in [0, 0.1) is 0 Å². The van der Waals surface area contributed by atoms with Crippen molar-refractivity contribution in [2.45, 2.75) is 25.7 Å². The molecule has 1 aliphatic rings. The molecule has 1 N–H and O–H groups in total. The van der Waals surface area contributed by atoms with E-state index >= 15 is 0 Å². The first-order chi connectivity index (χ1) is 5.77. The molecule has 0 unspecified atom stereocenters. The summed E-state index contributed by atoms with van der Waals surface area (Å²) in [5, 5.41) is 0. The maximum Gasteiger partial charge on any atom is 0.309 e. The van der Waals surface area contributed by atoms with Crippen LogP contribution in [0.1, 0.15) is 31.2 Å². The molecule has 1 heterocycles. The van der Waals surface area contributed by atoms with Crippen molar-refractivity contribution in [1.82, 2.24) is 4.98 Å². The lowest BCUT2D eigenvalue weighted by molar-refractivity contribution is -0.132. The van der Waals surface area contributed by atoms with Gasteiger partial charge in [0.1, 0.15) is 0 Å². The Bertz CT molecular complexity index is 299. The van der Waals surface area contributed by atoms with Crippen LogP contribution in [-0.4, -0.2) is 11.0 Å². The van der Waals surface area contributed by atoms with Gasteiger partial charge in [0.2, 0.25) is 5.88 Å². The molecule has 3 heteroatoms. The van der Waals surface area contributed by atoms with E-state index in [4.69, 9.17) is 4.74 Å². The molecular formula is C9H11NO2. The molecule has 12 heavy (non-hydrogen) atoms. The topological polar surface area (TPSA) is 42.1 Å². The van der Waals surface area contributed by atoms with Gasteiger partial charge in [0.05, 0.1) is 0 Å². The first-order valence-electron chi connectivity index (χ1n) is 4.13. The Kier molecular flexibility index (Phi) is 1.64. The third-order valence-electron chi connectivity index (χ3n) is 2.00. The number of hydrogen-bond donors (Lipinski definition) is 1. The van der Waals surface area contributed by atoms with Crippen LogP contribution in [0.25, 0.3) is 0 Å². The first kappa shape index (κ1) is 7.40. The average molecular weight is 165 g/mol. The lowest BCUT2D eigenvalue weighted by atomic mass is 10.2. The zero-order valence-electron chi connectivity index (χ0n) is 6.96. The summed E-state index contributed by atoms with van der Waals surface area (Å²) < 4.78 is 4.99. The third kappa shape index (κ3) is 1.35. The first-order valence-corrected chi connectivity index (χ1v) is 4.13. The van der Waals surface area contributed by atoms with E-state index in [1.165, 1.54) is 19.8 Å². The molecule has 0 atom stereocenters. The van der Waals surface area contributed by atoms with E-state index in [0.717, 1.165) is 5.56 Å². The zero-order chi connectivity index (χ0) is 8.55. The fourth-order valence-corrected chi connectivity index (χ4v) is 1.31. The van der Waals surface area contributed by atoms with Crippen LogP contribution < -0.4 is 4.74 Å². The SMILES string of the molecule is CC(=O)Oc1[nH]ccc1C1CC1. The van der Waals surface area contributed by atoms with Crippen molar-refractivity contribution >= 4 is 5.97 Å². The Labute approximate surface area is 70.7 Å². The van der Waals surface area contributed by atoms with Gasteiger partial charge in [-0.25, -0.2) is 0 Å². The minimum Gasteiger partial charge on any atom is -0.409 e. The number of rotatable bonds is 2. The molecule has 1 aliphatic carbocycles. The van der Waals surface area contributed by atoms with Gasteiger partial charge in [0.15, 0.2) is 0 Å². The third-order valence-corrected chi connectivity index (χ3v) is 2.00. The van der Waals surface area contributed by atoms with Gasteiger partial charge in [-0.05, 0) is 24.8 Å². The molecule has 0 bridgehead atoms. The van der Waals surface area contributed by atoms with Gasteiger partial charge in [-0.15, -0.1) is 0 Å². The number of carbonyl (C=O) groups excluding carboxylic acids is 1. The van der Waals surface area contributed by atoms with E-state index in [0.29, 0.717) is 11.8 Å². The highest BCUT2D eigenvalue weighted by atomic mass is 16.5. The molecule has 0 spiro atoms. The van der Waals surface area contributed by atoms with Crippen molar-refractivity contribution in [1.29, 1.82) is 0 Å². The van der Waals surface area contributed by atoms with E-state index in [2.05, 4.69) is 4.98 Å². The van der Waals surface area contributed by atoms with Crippen molar-refractivity contribution in [3.05, 3.63) is 17.8 Å². The molecular weight excluding hydrogens is 154 g/mol. The van der Waals surface area contributed by atoms with Gasteiger partial charge in [0, 0.05) is 18.7 Å². The summed E-state index contributed by atoms with van der Waals surface area (Å²) in [6, 6.07) is 1.98. The molecule has 3 nitrogen and oxygen atoms in total. The van der Waals surface area contributed by atoms with Crippen LogP contribution in [0.2, 0.25) is 0 Å². The molecule has 0 amide bonds. The Morgan fingerprint density at radius 1 is 1.67 bits per heavy atom. The molecule has 1 fully saturated rings. The normalized spacial score (nSPS) is 16.1. The summed E-state index contributed by atoms with van der Waals surface area (Å²) in [6.07, 6.45) is 4.24. The predicted octanol–water partition coefficient (Wildman–Crippen LogP) is 1.82. The number of aromatic amines is 1. The number of hydrogen-bond acceptors (Lipinski definition) is 2. The Morgan fingerprint density at radius 2 is 2.42 bits per heavy atom. The standard InChI is InChI=1S/C9H11NO2/c1-6(11)12-9-8(4-5-10-9)7-2-3-7/h4-5,7,10H,2-3H2,1H3. The lowest BCUT2D eigenvalue weighted by Gasteiger charge is -2.00. The van der Waals surface area contributed by atoms with Crippen LogP contribution in [-0.2, 0) is 4.79 Å². The highest BCUT2D eigenvalue weighted by Crippen LogP contribution is 2.43. The van der Waals surface area contributed by atoms with Crippen molar-refractivity contribution in [3.63, 3.8) is 0 Å². The number of esters is 1. The fraction of sp³-hybridized carbons (Fsp3) is 0.444. The van der Waals surface area contributed by atoms with E-state index in [-0.39, 0.29) is 5.97 Å². The molecule has 1 saturated carbocycles. The minimum absolute atomic E-state index is 0.264. The van der Waals surface area contributed by atoms with Gasteiger partial charge in [-0.1, -0.05) is 0 Å². The largest absolute Gasteiger partial charge is 0.409 e. The summed E-state index contributed by atoms with van der Waals surface area (Å²) in [4.78, 5) is 13.6. The smallest absolute Gasteiger partial charge is 0.309 e. The van der Waals surface area contributed by atoms with E-state index in [1.54, 1.807) is 0 Å². The summed E-state index contributed by atoms with van der Waals surface area (Å²) in [7, 11) is 0. The van der Waals surface area contributed by atoms with Crippen molar-refractivity contribution in [3.8, 4) is 5.88 Å². The van der Waals surface area contributed by atoms with Gasteiger partial charge in [0.25, 0.3) is 0 Å². The molecule has 2 rings (SSSR count). The van der Waals surface area contributed by atoms with Crippen LogP contribution >= 0.6 is 0 Å². The van der Waals surface area contributed by atoms with Crippen LogP contribution in [0.5, 0.6) is 5.88 Å². The van der Waals surface area contributed by atoms with E-state index in [9.17, 15) is 4.79 Å². The average Bonchev–Trinajstić information content (AvgIpc) is 2.73. The Balaban J connectivity index is 2.18. The van der Waals surface area contributed by atoms with Crippen molar-refractivity contribution in [2.75, 3.05) is 0 Å². The maximum absolute atomic E-state index is 10.7. The monoisotopic (exact) mass is 165 g/mol. The molecule has 1 aromatic rings. The zero-order valence-corrected chi connectivity index (χ0v) is 6.96. The number of nitrogens with one attached hydrogen (secondary N) is 1. The number of carbonyl (C=O) groups is 1. The van der Waals surface area contributed by atoms with Gasteiger partial charge in [-0.2, -0.15) is 0 Å². The molecule has 0 saturated heterocycles. The second kappa shape index (κ2) is 2.66. The lowest BCUT2D eigenvalue weighted by Crippen LogP contribution is -2.02. The van der Waals surface area contributed by atoms with Crippen molar-refractivity contribution < 1.29 is 9.53 Å². The molecule has 1 aromatic heterocycles. The summed E-state index contributed by atoms with van der Waals surface area (Å²) in [5.74, 6) is 0.981. The van der Waals surface area contributed by atoms with Gasteiger partial charge >= 0.3 is 5.97 Å². The summed E-state index contributed by atoms with van der Waals surface area (Å²) in [5.41, 5.74) is 1.14. The number of ether oxygens (including phenoxy) is 1. The Hall–Kier alpha value is -1.25. The Morgan fingerprint density at radius 3 is 3.00 bits per heavy atom. The molecule has 0 radical (unpaired) electrons. The predicted molar refractivity (Wildman–Crippen MR) is 44.1 cm³/mol. The van der Waals surface area contributed by atoms with Gasteiger partial charge in [-0.3, -0.25) is 4.79 Å². The molecule has 64 valence electrons. The second-order valence-corrected chi connectivity index (χ2v) is 3.13. The number of H-pyrrole nitrogens is 1. The highest BCUT2D eigenvalue weighted by Gasteiger charge is 2.27. The maximum atomic E-state index is 10.7. The molecule has 0 aliphatic heterocycles. The van der Waals surface area contributed by atoms with E-state index < -0.39 is 0 Å². The molecule has 0 aromatic carbocycles. The van der Waals surface area contributed by atoms with Gasteiger partial charge < -0.3 is 9.72 Å². The summed E-state index contributed by atoms with van der Waals surface area (Å²) >= 11 is 0. The quantitative estimate of drug-likeness (QED) is 0.679. The second-order valence-electron chi connectivity index (χ2n) is 3.13. The van der Waals surface area contributed by atoms with Crippen LogP contribution in [0.4, 0.5) is 0 Å². The fourth-order valence-electron chi connectivity index (χ4n) is 1.31. The van der Waals surface area contributed by atoms with Crippen molar-refractivity contribution in [2.24, 2.45) is 0 Å². The van der Waals surface area contributed by atoms with E-state index in [1.807, 2.05) is 12.3 Å². The number of aromatic nitrogens is 1. The van der Waals surface area contributed by atoms with Crippen LogP contribution in [0.3, 0.4) is 0 Å².